The number of likely N-dealkylation sites (N-methyl/N-ethyl adjacent to an activating group) is 1. The minimum Gasteiger partial charge on any atom is -0.479 e. The quantitative estimate of drug-likeness (QED) is 0.0516. The molecule has 0 radical (unpaired) electrons. The molecule has 4 aliphatic rings. The van der Waals surface area contributed by atoms with E-state index in [1.54, 1.807) is 71.8 Å². The fraction of sp³-hybridized carbons (Fsp3) is 0.804. The monoisotopic (exact) mass is 1180 g/mol. The van der Waals surface area contributed by atoms with E-state index >= 15 is 0 Å². The Morgan fingerprint density at radius 2 is 1.43 bits per heavy atom. The summed E-state index contributed by atoms with van der Waals surface area (Å²) in [5.74, 6) is -8.16. The number of nitrogens with zero attached hydrogens (tertiary/aromatic N) is 1. The van der Waals surface area contributed by atoms with Gasteiger partial charge in [-0.05, 0) is 72.5 Å². The summed E-state index contributed by atoms with van der Waals surface area (Å²) in [5, 5.41) is 67.8. The standard InChI is InChI=1S/C52H85NO19.C4H6O6/c1-15-38-35(26-64-51-48(63-14)47(62-13)46(31(7)67-51)70-39(58)22-27(2)3)18-16-17-19-36(56)28(4)23-34(20-21-54)44(29(5)37(57)24-40(59)69-38)72-50-43(60)42(53(11)12)45(30(6)66-50)71-41-25-52(10,61)49(32(8)65-41)68-33(9)55;5-1(3(7)8)2(6)4(9)10/h16-19,21,27-32,34-35,37-38,41-51,57,60-61H,15,20,22-26H2,1-14H3;1-2,5-6H,(H,7,8)(H,9,10). The molecule has 4 aliphatic heterocycles. The number of aliphatic carboxylic acids is 2. The SMILES string of the molecule is CCC1OC(=O)CC(O)C(C)C(OC2OC(C)C(OC3CC(C)(O)C(OC(C)=O)C(C)O3)C(N(C)C)C2O)C(CC=O)CC(C)C(=O)C=CC=CC1COC1OC(C)C(OC(=O)CC(C)C)C(OC)C1OC.O=C(O)C(O)C(O)C(=O)O. The van der Waals surface area contributed by atoms with Crippen LogP contribution in [0.15, 0.2) is 24.3 Å². The van der Waals surface area contributed by atoms with Crippen molar-refractivity contribution in [2.24, 2.45) is 29.6 Å². The van der Waals surface area contributed by atoms with Gasteiger partial charge in [-0.3, -0.25) is 19.2 Å². The Hall–Kier alpha value is -4.39. The van der Waals surface area contributed by atoms with Crippen LogP contribution in [0, 0.1) is 29.6 Å². The molecule has 3 fully saturated rings. The number of ether oxygens (including phenoxy) is 11. The van der Waals surface area contributed by atoms with Gasteiger partial charge in [0.25, 0.3) is 0 Å². The van der Waals surface area contributed by atoms with Crippen molar-refractivity contribution in [3.05, 3.63) is 24.3 Å². The number of ketones is 1. The first kappa shape index (κ1) is 71.9. The predicted octanol–water partition coefficient (Wildman–Crippen LogP) is 1.49. The lowest BCUT2D eigenvalue weighted by molar-refractivity contribution is -0.342. The van der Waals surface area contributed by atoms with E-state index in [4.69, 9.17) is 72.5 Å². The number of aliphatic hydroxyl groups is 5. The van der Waals surface area contributed by atoms with Crippen LogP contribution in [0.5, 0.6) is 0 Å². The molecule has 470 valence electrons. The molecule has 0 spiro atoms. The van der Waals surface area contributed by atoms with Gasteiger partial charge in [-0.1, -0.05) is 52.8 Å². The molecule has 26 heteroatoms. The molecule has 26 nitrogen and oxygen atoms in total. The van der Waals surface area contributed by atoms with Crippen LogP contribution in [0.25, 0.3) is 0 Å². The molecule has 0 bridgehead atoms. The molecule has 4 rings (SSSR count). The lowest BCUT2D eigenvalue weighted by atomic mass is 9.79. The highest BCUT2D eigenvalue weighted by Crippen LogP contribution is 2.38. The summed E-state index contributed by atoms with van der Waals surface area (Å²) in [4.78, 5) is 85.7. The number of hydrogen-bond donors (Lipinski definition) is 7. The zero-order chi connectivity index (χ0) is 62.1. The van der Waals surface area contributed by atoms with Gasteiger partial charge < -0.3 is 97.5 Å². The molecule has 0 saturated carbocycles. The van der Waals surface area contributed by atoms with E-state index in [9.17, 15) is 48.9 Å². The van der Waals surface area contributed by atoms with E-state index < -0.39 is 176 Å². The van der Waals surface area contributed by atoms with E-state index in [-0.39, 0.29) is 44.0 Å². The van der Waals surface area contributed by atoms with Gasteiger partial charge in [0.15, 0.2) is 49.1 Å². The number of aldehydes is 1. The molecule has 23 atom stereocenters. The van der Waals surface area contributed by atoms with Crippen LogP contribution >= 0.6 is 0 Å². The average molecular weight is 1180 g/mol. The van der Waals surface area contributed by atoms with Crippen LogP contribution in [0.4, 0.5) is 0 Å². The summed E-state index contributed by atoms with van der Waals surface area (Å²) in [7, 11) is 6.44. The highest BCUT2D eigenvalue weighted by Gasteiger charge is 2.53. The first-order valence-corrected chi connectivity index (χ1v) is 27.7. The summed E-state index contributed by atoms with van der Waals surface area (Å²) in [6.07, 6.45) is -11.5. The van der Waals surface area contributed by atoms with Crippen LogP contribution in [0.3, 0.4) is 0 Å². The van der Waals surface area contributed by atoms with Gasteiger partial charge in [-0.2, -0.15) is 0 Å². The fourth-order valence-corrected chi connectivity index (χ4v) is 10.6. The number of carboxylic acid groups (broad SMARTS) is 2. The summed E-state index contributed by atoms with van der Waals surface area (Å²) in [6, 6.07) is -0.785. The summed E-state index contributed by atoms with van der Waals surface area (Å²) >= 11 is 0. The number of rotatable bonds is 20. The summed E-state index contributed by atoms with van der Waals surface area (Å²) in [5.41, 5.74) is -1.50. The van der Waals surface area contributed by atoms with Gasteiger partial charge >= 0.3 is 29.8 Å². The molecule has 0 aromatic heterocycles. The Labute approximate surface area is 479 Å². The van der Waals surface area contributed by atoms with Crippen LogP contribution in [0.1, 0.15) is 108 Å². The predicted molar refractivity (Wildman–Crippen MR) is 286 cm³/mol. The normalized spacial score (nSPS) is 37.7. The lowest BCUT2D eigenvalue weighted by Crippen LogP contribution is -2.65. The lowest BCUT2D eigenvalue weighted by Gasteiger charge is -2.50. The van der Waals surface area contributed by atoms with Crippen molar-refractivity contribution in [2.75, 3.05) is 34.9 Å². The highest BCUT2D eigenvalue weighted by atomic mass is 16.7. The third-order valence-electron chi connectivity index (χ3n) is 15.0. The second-order valence-corrected chi connectivity index (χ2v) is 22.5. The van der Waals surface area contributed by atoms with Crippen LogP contribution in [-0.2, 0) is 85.7 Å². The number of allylic oxidation sites excluding steroid dienone is 3. The Morgan fingerprint density at radius 3 is 1.95 bits per heavy atom. The molecule has 0 aliphatic carbocycles. The van der Waals surface area contributed by atoms with Crippen LogP contribution < -0.4 is 0 Å². The Morgan fingerprint density at radius 1 is 0.829 bits per heavy atom. The maximum atomic E-state index is 13.9. The first-order valence-electron chi connectivity index (χ1n) is 27.7. The van der Waals surface area contributed by atoms with E-state index in [1.807, 2.05) is 20.8 Å². The molecule has 82 heavy (non-hydrogen) atoms. The first-order chi connectivity index (χ1) is 38.3. The van der Waals surface area contributed by atoms with Gasteiger partial charge in [-0.25, -0.2) is 9.59 Å². The number of cyclic esters (lactones) is 1. The van der Waals surface area contributed by atoms with Crippen molar-refractivity contribution in [2.45, 2.75) is 224 Å². The van der Waals surface area contributed by atoms with Crippen molar-refractivity contribution in [3.8, 4) is 0 Å². The zero-order valence-corrected chi connectivity index (χ0v) is 49.5. The number of carbonyl (C=O) groups excluding carboxylic acids is 5. The Kier molecular flexibility index (Phi) is 29.2. The van der Waals surface area contributed by atoms with Crippen molar-refractivity contribution >= 4 is 41.9 Å². The van der Waals surface area contributed by atoms with Gasteiger partial charge in [0, 0.05) is 58.2 Å². The summed E-state index contributed by atoms with van der Waals surface area (Å²) < 4.78 is 67.0. The fourth-order valence-electron chi connectivity index (χ4n) is 10.6. The number of hydrogen-bond acceptors (Lipinski definition) is 24. The number of carbonyl (C=O) groups is 7. The average Bonchev–Trinajstić information content (AvgIpc) is 3.59. The van der Waals surface area contributed by atoms with Gasteiger partial charge in [0.2, 0.25) is 0 Å². The maximum Gasteiger partial charge on any atom is 0.335 e. The van der Waals surface area contributed by atoms with E-state index in [1.165, 1.54) is 34.1 Å². The third-order valence-corrected chi connectivity index (χ3v) is 15.0. The summed E-state index contributed by atoms with van der Waals surface area (Å²) in [6.45, 7) is 16.9. The largest absolute Gasteiger partial charge is 0.479 e. The highest BCUT2D eigenvalue weighted by molar-refractivity contribution is 5.91. The smallest absolute Gasteiger partial charge is 0.335 e. The molecule has 0 amide bonds. The van der Waals surface area contributed by atoms with Crippen molar-refractivity contribution in [3.63, 3.8) is 0 Å². The molecular weight excluding hydrogens is 1090 g/mol. The number of aliphatic hydroxyl groups excluding tert-OH is 4. The molecule has 0 aromatic carbocycles. The minimum atomic E-state index is -2.27. The topological polar surface area (TPSA) is 366 Å². The molecule has 0 aromatic rings. The zero-order valence-electron chi connectivity index (χ0n) is 49.5. The van der Waals surface area contributed by atoms with Gasteiger partial charge in [0.1, 0.15) is 42.4 Å². The second kappa shape index (κ2) is 33.3. The molecule has 23 unspecified atom stereocenters. The Bertz CT molecular complexity index is 2100. The Balaban J connectivity index is 0.00000160. The number of carboxylic acids is 2. The molecule has 7 N–H and O–H groups in total. The number of esters is 3. The molecule has 4 heterocycles. The van der Waals surface area contributed by atoms with E-state index in [2.05, 4.69) is 0 Å². The van der Waals surface area contributed by atoms with Gasteiger partial charge in [-0.15, -0.1) is 0 Å². The van der Waals surface area contributed by atoms with Crippen molar-refractivity contribution in [1.29, 1.82) is 0 Å². The molecule has 3 saturated heterocycles. The maximum absolute atomic E-state index is 13.9. The van der Waals surface area contributed by atoms with Crippen LogP contribution in [-0.4, -0.2) is 233 Å². The molecular formula is C56H91NO25. The minimum absolute atomic E-state index is 0.0413. The third kappa shape index (κ3) is 20.4. The van der Waals surface area contributed by atoms with E-state index in [0.717, 1.165) is 0 Å². The van der Waals surface area contributed by atoms with Crippen LogP contribution in [0.2, 0.25) is 0 Å². The van der Waals surface area contributed by atoms with Crippen molar-refractivity contribution in [1.82, 2.24) is 4.90 Å². The number of methoxy groups -OCH3 is 2. The second-order valence-electron chi connectivity index (χ2n) is 22.5. The van der Waals surface area contributed by atoms with Crippen molar-refractivity contribution < 1.29 is 121 Å². The van der Waals surface area contributed by atoms with Gasteiger partial charge in [0.05, 0.1) is 49.6 Å². The van der Waals surface area contributed by atoms with E-state index in [0.29, 0.717) is 12.7 Å².